The highest BCUT2D eigenvalue weighted by Crippen LogP contribution is 2.24. The molecule has 0 saturated carbocycles. The molecule has 0 saturated heterocycles. The van der Waals surface area contributed by atoms with E-state index in [1.54, 1.807) is 0 Å². The van der Waals surface area contributed by atoms with Gasteiger partial charge >= 0.3 is 0 Å². The first kappa shape index (κ1) is 12.5. The third kappa shape index (κ3) is 3.49. The molecule has 1 aromatic carbocycles. The fourth-order valence-electron chi connectivity index (χ4n) is 1.41. The standard InChI is InChI=1S/C12H17ClO2/c1-3-7-15-8-12(14)10-5-4-6-11(13)9(10)2/h4-6,12,14H,3,7-8H2,1-2H3. The predicted molar refractivity (Wildman–Crippen MR) is 62.3 cm³/mol. The Kier molecular flexibility index (Phi) is 5.09. The Morgan fingerprint density at radius 1 is 1.47 bits per heavy atom. The second-order valence-electron chi connectivity index (χ2n) is 3.54. The summed E-state index contributed by atoms with van der Waals surface area (Å²) in [6, 6.07) is 5.54. The minimum absolute atomic E-state index is 0.328. The maximum atomic E-state index is 9.87. The lowest BCUT2D eigenvalue weighted by atomic mass is 10.0. The van der Waals surface area contributed by atoms with E-state index in [0.29, 0.717) is 18.2 Å². The molecule has 0 fully saturated rings. The third-order valence-corrected chi connectivity index (χ3v) is 2.70. The maximum Gasteiger partial charge on any atom is 0.103 e. The molecule has 1 atom stereocenters. The fraction of sp³-hybridized carbons (Fsp3) is 0.500. The molecule has 15 heavy (non-hydrogen) atoms. The van der Waals surface area contributed by atoms with Crippen molar-refractivity contribution >= 4 is 11.6 Å². The SMILES string of the molecule is CCCOCC(O)c1cccc(Cl)c1C. The Bertz CT molecular complexity index is 312. The molecule has 0 heterocycles. The molecular weight excluding hydrogens is 212 g/mol. The summed E-state index contributed by atoms with van der Waals surface area (Å²) in [6.07, 6.45) is 0.372. The lowest BCUT2D eigenvalue weighted by Gasteiger charge is -2.14. The first-order valence-electron chi connectivity index (χ1n) is 5.17. The minimum atomic E-state index is -0.588. The van der Waals surface area contributed by atoms with Gasteiger partial charge in [0.15, 0.2) is 0 Å². The van der Waals surface area contributed by atoms with E-state index in [1.807, 2.05) is 32.0 Å². The van der Waals surface area contributed by atoms with Gasteiger partial charge in [-0.15, -0.1) is 0 Å². The van der Waals surface area contributed by atoms with E-state index in [9.17, 15) is 5.11 Å². The zero-order valence-electron chi connectivity index (χ0n) is 9.16. The lowest BCUT2D eigenvalue weighted by Crippen LogP contribution is -2.09. The number of hydrogen-bond donors (Lipinski definition) is 1. The van der Waals surface area contributed by atoms with Crippen LogP contribution < -0.4 is 0 Å². The van der Waals surface area contributed by atoms with Crippen LogP contribution in [0.3, 0.4) is 0 Å². The van der Waals surface area contributed by atoms with E-state index in [4.69, 9.17) is 16.3 Å². The Hall–Kier alpha value is -0.570. The topological polar surface area (TPSA) is 29.5 Å². The summed E-state index contributed by atoms with van der Waals surface area (Å²) in [5, 5.41) is 10.6. The summed E-state index contributed by atoms with van der Waals surface area (Å²) < 4.78 is 5.30. The molecule has 1 aromatic rings. The maximum absolute atomic E-state index is 9.87. The molecule has 0 aliphatic heterocycles. The van der Waals surface area contributed by atoms with E-state index < -0.39 is 6.10 Å². The van der Waals surface area contributed by atoms with Crippen LogP contribution in [0.1, 0.15) is 30.6 Å². The van der Waals surface area contributed by atoms with Gasteiger partial charge in [0, 0.05) is 11.6 Å². The van der Waals surface area contributed by atoms with Crippen molar-refractivity contribution in [3.05, 3.63) is 34.3 Å². The number of rotatable bonds is 5. The van der Waals surface area contributed by atoms with Crippen LogP contribution in [0.15, 0.2) is 18.2 Å². The van der Waals surface area contributed by atoms with Gasteiger partial charge < -0.3 is 9.84 Å². The van der Waals surface area contributed by atoms with Crippen molar-refractivity contribution in [1.29, 1.82) is 0 Å². The average Bonchev–Trinajstić information content (AvgIpc) is 2.22. The molecule has 0 aromatic heterocycles. The molecule has 0 radical (unpaired) electrons. The normalized spacial score (nSPS) is 12.8. The first-order chi connectivity index (χ1) is 7.16. The van der Waals surface area contributed by atoms with Crippen molar-refractivity contribution < 1.29 is 9.84 Å². The fourth-order valence-corrected chi connectivity index (χ4v) is 1.60. The van der Waals surface area contributed by atoms with Gasteiger partial charge in [-0.3, -0.25) is 0 Å². The molecule has 84 valence electrons. The number of halogens is 1. The van der Waals surface area contributed by atoms with E-state index >= 15 is 0 Å². The van der Waals surface area contributed by atoms with Gasteiger partial charge in [0.1, 0.15) is 6.10 Å². The van der Waals surface area contributed by atoms with Crippen molar-refractivity contribution in [3.8, 4) is 0 Å². The van der Waals surface area contributed by atoms with Gasteiger partial charge in [-0.25, -0.2) is 0 Å². The molecule has 0 spiro atoms. The second kappa shape index (κ2) is 6.11. The van der Waals surface area contributed by atoms with E-state index in [1.165, 1.54) is 0 Å². The summed E-state index contributed by atoms with van der Waals surface area (Å²) >= 11 is 5.97. The van der Waals surface area contributed by atoms with Crippen LogP contribution in [-0.4, -0.2) is 18.3 Å². The van der Waals surface area contributed by atoms with Crippen molar-refractivity contribution in [2.45, 2.75) is 26.4 Å². The molecule has 1 N–H and O–H groups in total. The number of aliphatic hydroxyl groups is 1. The first-order valence-corrected chi connectivity index (χ1v) is 5.55. The van der Waals surface area contributed by atoms with E-state index in [2.05, 4.69) is 0 Å². The molecule has 0 aliphatic rings. The Balaban J connectivity index is 2.65. The van der Waals surface area contributed by atoms with Crippen LogP contribution in [0.5, 0.6) is 0 Å². The summed E-state index contributed by atoms with van der Waals surface area (Å²) in [7, 11) is 0. The molecule has 1 unspecified atom stereocenters. The van der Waals surface area contributed by atoms with Gasteiger partial charge in [0.25, 0.3) is 0 Å². The highest BCUT2D eigenvalue weighted by atomic mass is 35.5. The van der Waals surface area contributed by atoms with Crippen LogP contribution in [0, 0.1) is 6.92 Å². The zero-order chi connectivity index (χ0) is 11.3. The van der Waals surface area contributed by atoms with Crippen LogP contribution in [-0.2, 0) is 4.74 Å². The minimum Gasteiger partial charge on any atom is -0.386 e. The molecule has 1 rings (SSSR count). The van der Waals surface area contributed by atoms with Crippen LogP contribution in [0.2, 0.25) is 5.02 Å². The molecule has 0 bridgehead atoms. The van der Waals surface area contributed by atoms with Gasteiger partial charge in [-0.1, -0.05) is 30.7 Å². The number of hydrogen-bond acceptors (Lipinski definition) is 2. The molecule has 3 heteroatoms. The summed E-state index contributed by atoms with van der Waals surface area (Å²) in [4.78, 5) is 0. The van der Waals surface area contributed by atoms with Crippen molar-refractivity contribution in [1.82, 2.24) is 0 Å². The quantitative estimate of drug-likeness (QED) is 0.785. The van der Waals surface area contributed by atoms with E-state index in [0.717, 1.165) is 17.5 Å². The summed E-state index contributed by atoms with van der Waals surface area (Å²) in [5.74, 6) is 0. The van der Waals surface area contributed by atoms with Crippen LogP contribution in [0.25, 0.3) is 0 Å². The smallest absolute Gasteiger partial charge is 0.103 e. The number of benzene rings is 1. The van der Waals surface area contributed by atoms with Gasteiger partial charge in [-0.2, -0.15) is 0 Å². The monoisotopic (exact) mass is 228 g/mol. The van der Waals surface area contributed by atoms with Crippen molar-refractivity contribution in [2.75, 3.05) is 13.2 Å². The van der Waals surface area contributed by atoms with Crippen LogP contribution in [0.4, 0.5) is 0 Å². The highest BCUT2D eigenvalue weighted by Gasteiger charge is 2.11. The number of aliphatic hydroxyl groups excluding tert-OH is 1. The van der Waals surface area contributed by atoms with Crippen LogP contribution >= 0.6 is 11.6 Å². The lowest BCUT2D eigenvalue weighted by molar-refractivity contribution is 0.0361. The average molecular weight is 229 g/mol. The van der Waals surface area contributed by atoms with Gasteiger partial charge in [0.2, 0.25) is 0 Å². The number of ether oxygens (including phenoxy) is 1. The van der Waals surface area contributed by atoms with Crippen molar-refractivity contribution in [2.24, 2.45) is 0 Å². The van der Waals surface area contributed by atoms with Gasteiger partial charge in [-0.05, 0) is 30.5 Å². The molecule has 0 amide bonds. The Labute approximate surface area is 95.8 Å². The summed E-state index contributed by atoms with van der Waals surface area (Å²) in [5.41, 5.74) is 1.77. The second-order valence-corrected chi connectivity index (χ2v) is 3.95. The van der Waals surface area contributed by atoms with Crippen molar-refractivity contribution in [3.63, 3.8) is 0 Å². The molecule has 0 aliphatic carbocycles. The molecular formula is C12H17ClO2. The molecule has 2 nitrogen and oxygen atoms in total. The van der Waals surface area contributed by atoms with E-state index in [-0.39, 0.29) is 0 Å². The zero-order valence-corrected chi connectivity index (χ0v) is 9.92. The summed E-state index contributed by atoms with van der Waals surface area (Å²) in [6.45, 7) is 4.95. The Morgan fingerprint density at radius 3 is 2.87 bits per heavy atom. The Morgan fingerprint density at radius 2 is 2.20 bits per heavy atom. The predicted octanol–water partition coefficient (Wildman–Crippen LogP) is 3.11. The van der Waals surface area contributed by atoms with Gasteiger partial charge in [0.05, 0.1) is 6.61 Å². The largest absolute Gasteiger partial charge is 0.386 e. The third-order valence-electron chi connectivity index (χ3n) is 2.29. The highest BCUT2D eigenvalue weighted by molar-refractivity contribution is 6.31.